The van der Waals surface area contributed by atoms with Crippen molar-refractivity contribution < 1.29 is 9.18 Å². The molecular formula is C18H19ClFN5O. The lowest BCUT2D eigenvalue weighted by Gasteiger charge is -2.26. The summed E-state index contributed by atoms with van der Waals surface area (Å²) in [7, 11) is 0. The second-order valence-electron chi connectivity index (χ2n) is 6.64. The highest BCUT2D eigenvalue weighted by molar-refractivity contribution is 6.33. The molecule has 8 heteroatoms. The summed E-state index contributed by atoms with van der Waals surface area (Å²) in [5.74, 6) is -0.643. The maximum atomic E-state index is 14.3. The van der Waals surface area contributed by atoms with Gasteiger partial charge in [-0.2, -0.15) is 5.10 Å². The van der Waals surface area contributed by atoms with Crippen LogP contribution in [0, 0.1) is 0 Å². The van der Waals surface area contributed by atoms with Crippen molar-refractivity contribution in [3.63, 3.8) is 0 Å². The molecule has 1 atom stereocenters. The van der Waals surface area contributed by atoms with Gasteiger partial charge >= 0.3 is 0 Å². The first kappa shape index (κ1) is 18.1. The Labute approximate surface area is 155 Å². The molecule has 0 fully saturated rings. The molecule has 6 nitrogen and oxygen atoms in total. The third-order valence-electron chi connectivity index (χ3n) is 4.38. The fourth-order valence-corrected chi connectivity index (χ4v) is 2.77. The summed E-state index contributed by atoms with van der Waals surface area (Å²) in [4.78, 5) is 15.8. The van der Waals surface area contributed by atoms with E-state index in [1.165, 1.54) is 20.0 Å². The minimum absolute atomic E-state index is 0.194. The van der Waals surface area contributed by atoms with Crippen molar-refractivity contribution in [3.8, 4) is 11.1 Å². The van der Waals surface area contributed by atoms with Crippen molar-refractivity contribution >= 4 is 28.7 Å². The molecule has 3 heterocycles. The zero-order chi connectivity index (χ0) is 19.1. The largest absolute Gasteiger partial charge is 0.377 e. The Morgan fingerprint density at radius 3 is 2.77 bits per heavy atom. The SMILES string of the molecule is CC(Nc1c(C(N)=O)cnn2cc(-c3ccncc3Cl)cc12)C(C)(C)F. The number of amides is 1. The summed E-state index contributed by atoms with van der Waals surface area (Å²) in [5, 5.41) is 7.80. The molecule has 3 rings (SSSR count). The van der Waals surface area contributed by atoms with Crippen LogP contribution in [0.25, 0.3) is 16.6 Å². The number of hydrogen-bond donors (Lipinski definition) is 2. The van der Waals surface area contributed by atoms with E-state index in [0.29, 0.717) is 16.2 Å². The minimum atomic E-state index is -1.50. The van der Waals surface area contributed by atoms with Crippen LogP contribution in [0.4, 0.5) is 10.1 Å². The van der Waals surface area contributed by atoms with Crippen LogP contribution in [0.15, 0.2) is 36.9 Å². The van der Waals surface area contributed by atoms with Crippen LogP contribution in [0.2, 0.25) is 5.02 Å². The molecule has 3 aromatic heterocycles. The van der Waals surface area contributed by atoms with Crippen LogP contribution < -0.4 is 11.1 Å². The second kappa shape index (κ2) is 6.57. The Balaban J connectivity index is 2.18. The Hall–Kier alpha value is -2.67. The number of fused-ring (bicyclic) bond motifs is 1. The highest BCUT2D eigenvalue weighted by atomic mass is 35.5. The number of carbonyl (C=O) groups is 1. The Morgan fingerprint density at radius 2 is 2.15 bits per heavy atom. The second-order valence-corrected chi connectivity index (χ2v) is 7.05. The van der Waals surface area contributed by atoms with E-state index >= 15 is 0 Å². The van der Waals surface area contributed by atoms with Crippen molar-refractivity contribution in [2.75, 3.05) is 5.32 Å². The summed E-state index contributed by atoms with van der Waals surface area (Å²) in [6.45, 7) is 4.63. The fraction of sp³-hybridized carbons (Fsp3) is 0.278. The quantitative estimate of drug-likeness (QED) is 0.712. The number of hydrogen-bond acceptors (Lipinski definition) is 4. The molecule has 0 aromatic carbocycles. The third kappa shape index (κ3) is 3.35. The summed E-state index contributed by atoms with van der Waals surface area (Å²) in [5.41, 5.74) is 6.77. The predicted octanol–water partition coefficient (Wildman–Crippen LogP) is 3.70. The van der Waals surface area contributed by atoms with Crippen molar-refractivity contribution in [2.45, 2.75) is 32.5 Å². The van der Waals surface area contributed by atoms with Crippen LogP contribution in [-0.2, 0) is 0 Å². The van der Waals surface area contributed by atoms with Gasteiger partial charge in [-0.1, -0.05) is 11.6 Å². The van der Waals surface area contributed by atoms with Crippen LogP contribution in [0.5, 0.6) is 0 Å². The first-order valence-corrected chi connectivity index (χ1v) is 8.43. The van der Waals surface area contributed by atoms with Gasteiger partial charge < -0.3 is 11.1 Å². The van der Waals surface area contributed by atoms with Gasteiger partial charge in [0.05, 0.1) is 34.0 Å². The molecule has 0 bridgehead atoms. The monoisotopic (exact) mass is 375 g/mol. The number of nitrogens with zero attached hydrogens (tertiary/aromatic N) is 3. The number of primary amides is 1. The number of pyridine rings is 1. The smallest absolute Gasteiger partial charge is 0.252 e. The average molecular weight is 376 g/mol. The molecule has 0 saturated carbocycles. The highest BCUT2D eigenvalue weighted by Gasteiger charge is 2.27. The molecule has 0 radical (unpaired) electrons. The number of halogens is 2. The van der Waals surface area contributed by atoms with Gasteiger partial charge in [0.2, 0.25) is 0 Å². The molecule has 0 aliphatic rings. The van der Waals surface area contributed by atoms with Gasteiger partial charge in [0.1, 0.15) is 5.67 Å². The molecule has 1 amide bonds. The van der Waals surface area contributed by atoms with Crippen molar-refractivity contribution in [1.29, 1.82) is 0 Å². The summed E-state index contributed by atoms with van der Waals surface area (Å²) >= 11 is 6.22. The van der Waals surface area contributed by atoms with Crippen molar-refractivity contribution in [3.05, 3.63) is 47.5 Å². The maximum Gasteiger partial charge on any atom is 0.252 e. The van der Waals surface area contributed by atoms with Gasteiger partial charge in [0.15, 0.2) is 0 Å². The Kier molecular flexibility index (Phi) is 4.58. The van der Waals surface area contributed by atoms with Crippen LogP contribution in [0.1, 0.15) is 31.1 Å². The molecule has 0 spiro atoms. The molecule has 3 N–H and O–H groups in total. The fourth-order valence-electron chi connectivity index (χ4n) is 2.54. The number of aromatic nitrogens is 3. The van der Waals surface area contributed by atoms with Crippen LogP contribution >= 0.6 is 11.6 Å². The van der Waals surface area contributed by atoms with Crippen molar-refractivity contribution in [2.24, 2.45) is 5.73 Å². The van der Waals surface area contributed by atoms with Crippen molar-refractivity contribution in [1.82, 2.24) is 14.6 Å². The van der Waals surface area contributed by atoms with Gasteiger partial charge in [0, 0.05) is 29.7 Å². The van der Waals surface area contributed by atoms with E-state index in [0.717, 1.165) is 11.1 Å². The first-order valence-electron chi connectivity index (χ1n) is 8.05. The molecule has 0 aliphatic heterocycles. The molecule has 26 heavy (non-hydrogen) atoms. The standard InChI is InChI=1S/C18H19ClFN5O/c1-10(18(2,3)20)24-16-13(17(21)26)7-23-25-9-11(6-15(16)25)12-4-5-22-8-14(12)19/h4-10,24H,1-3H3,(H2,21,26). The molecule has 1 unspecified atom stereocenters. The Morgan fingerprint density at radius 1 is 1.42 bits per heavy atom. The van der Waals surface area contributed by atoms with Gasteiger partial charge in [0.25, 0.3) is 5.91 Å². The zero-order valence-corrected chi connectivity index (χ0v) is 15.4. The normalized spacial score (nSPS) is 13.0. The van der Waals surface area contributed by atoms with E-state index < -0.39 is 17.6 Å². The van der Waals surface area contributed by atoms with E-state index in [9.17, 15) is 9.18 Å². The lowest BCUT2D eigenvalue weighted by atomic mass is 10.0. The number of carbonyl (C=O) groups excluding carboxylic acids is 1. The molecule has 3 aromatic rings. The summed E-state index contributed by atoms with van der Waals surface area (Å²) in [6.07, 6.45) is 6.33. The lowest BCUT2D eigenvalue weighted by molar-refractivity contribution is 0.1000. The molecule has 0 saturated heterocycles. The first-order chi connectivity index (χ1) is 12.2. The Bertz CT molecular complexity index is 979. The summed E-state index contributed by atoms with van der Waals surface area (Å²) in [6, 6.07) is 3.04. The van der Waals surface area contributed by atoms with E-state index in [4.69, 9.17) is 17.3 Å². The van der Waals surface area contributed by atoms with Gasteiger partial charge in [-0.05, 0) is 32.9 Å². The van der Waals surface area contributed by atoms with Gasteiger partial charge in [-0.3, -0.25) is 9.78 Å². The number of anilines is 1. The highest BCUT2D eigenvalue weighted by Crippen LogP contribution is 2.32. The van der Waals surface area contributed by atoms with E-state index in [1.807, 2.05) is 6.07 Å². The topological polar surface area (TPSA) is 85.3 Å². The molecule has 0 aliphatic carbocycles. The number of alkyl halides is 1. The van der Waals surface area contributed by atoms with Crippen LogP contribution in [0.3, 0.4) is 0 Å². The molecular weight excluding hydrogens is 357 g/mol. The minimum Gasteiger partial charge on any atom is -0.377 e. The van der Waals surface area contributed by atoms with Gasteiger partial charge in [-0.25, -0.2) is 8.91 Å². The van der Waals surface area contributed by atoms with E-state index in [1.54, 1.807) is 36.1 Å². The van der Waals surface area contributed by atoms with E-state index in [-0.39, 0.29) is 5.56 Å². The predicted molar refractivity (Wildman–Crippen MR) is 100 cm³/mol. The zero-order valence-electron chi connectivity index (χ0n) is 14.6. The number of rotatable bonds is 5. The third-order valence-corrected chi connectivity index (χ3v) is 4.68. The lowest BCUT2D eigenvalue weighted by Crippen LogP contribution is -2.36. The number of nitrogens with two attached hydrogens (primary N) is 1. The molecule has 136 valence electrons. The van der Waals surface area contributed by atoms with Crippen LogP contribution in [-0.4, -0.2) is 32.2 Å². The average Bonchev–Trinajstić information content (AvgIpc) is 2.98. The summed E-state index contributed by atoms with van der Waals surface area (Å²) < 4.78 is 15.9. The maximum absolute atomic E-state index is 14.3. The van der Waals surface area contributed by atoms with E-state index in [2.05, 4.69) is 15.4 Å². The number of nitrogens with one attached hydrogen (secondary N) is 1. The van der Waals surface area contributed by atoms with Gasteiger partial charge in [-0.15, -0.1) is 0 Å².